The molecule has 1 aromatic heterocycles. The Morgan fingerprint density at radius 3 is 2.38 bits per heavy atom. The lowest BCUT2D eigenvalue weighted by Crippen LogP contribution is -2.45. The Kier molecular flexibility index (Phi) is 8.15. The van der Waals surface area contributed by atoms with Crippen LogP contribution in [0.4, 0.5) is 11.4 Å². The van der Waals surface area contributed by atoms with Crippen LogP contribution in [-0.4, -0.2) is 75.4 Å². The summed E-state index contributed by atoms with van der Waals surface area (Å²) in [5.74, 6) is 1.81. The molecule has 0 unspecified atom stereocenters. The Bertz CT molecular complexity index is 1570. The number of anilines is 2. The fourth-order valence-corrected chi connectivity index (χ4v) is 5.32. The first-order valence-electron chi connectivity index (χ1n) is 12.6. The van der Waals surface area contributed by atoms with E-state index in [9.17, 15) is 5.26 Å². The number of nitrogens with one attached hydrogen (secondary N) is 1. The minimum Gasteiger partial charge on any atom is -0.495 e. The van der Waals surface area contributed by atoms with Crippen molar-refractivity contribution >= 4 is 56.3 Å². The van der Waals surface area contributed by atoms with Gasteiger partial charge in [0.2, 0.25) is 0 Å². The highest BCUT2D eigenvalue weighted by Crippen LogP contribution is 2.42. The van der Waals surface area contributed by atoms with Gasteiger partial charge in [0.15, 0.2) is 11.5 Å². The predicted octanol–water partition coefficient (Wildman–Crippen LogP) is 5.95. The average molecular weight is 566 g/mol. The second-order valence-corrected chi connectivity index (χ2v) is 10.2. The van der Waals surface area contributed by atoms with E-state index in [1.54, 1.807) is 25.4 Å². The molecule has 3 aromatic carbocycles. The summed E-state index contributed by atoms with van der Waals surface area (Å²) in [6, 6.07) is 13.3. The number of nitriles is 1. The van der Waals surface area contributed by atoms with E-state index in [2.05, 4.69) is 33.2 Å². The van der Waals surface area contributed by atoms with Crippen LogP contribution in [0.2, 0.25) is 10.0 Å². The lowest BCUT2D eigenvalue weighted by molar-refractivity contribution is 0.133. The largest absolute Gasteiger partial charge is 0.495 e. The van der Waals surface area contributed by atoms with Crippen molar-refractivity contribution in [3.63, 3.8) is 0 Å². The van der Waals surface area contributed by atoms with Crippen LogP contribution in [0.5, 0.6) is 17.2 Å². The highest BCUT2D eigenvalue weighted by atomic mass is 35.5. The molecule has 8 nitrogen and oxygen atoms in total. The van der Waals surface area contributed by atoms with E-state index in [4.69, 9.17) is 37.4 Å². The molecule has 1 fully saturated rings. The lowest BCUT2D eigenvalue weighted by atomic mass is 10.0. The maximum absolute atomic E-state index is 9.86. The molecule has 0 saturated carbocycles. The van der Waals surface area contributed by atoms with Gasteiger partial charge in [0.25, 0.3) is 0 Å². The molecule has 0 amide bonds. The first-order valence-corrected chi connectivity index (χ1v) is 13.3. The molecule has 0 bridgehead atoms. The van der Waals surface area contributed by atoms with Crippen LogP contribution < -0.4 is 19.5 Å². The minimum absolute atomic E-state index is 0.379. The molecule has 0 aliphatic carbocycles. The molecular formula is C29H29Cl2N5O3. The van der Waals surface area contributed by atoms with Crippen molar-refractivity contribution in [3.05, 3.63) is 58.2 Å². The number of hydrogen-bond donors (Lipinski definition) is 1. The molecule has 10 heteroatoms. The number of nitrogens with zero attached hydrogens (tertiary/aromatic N) is 4. The maximum atomic E-state index is 9.86. The van der Waals surface area contributed by atoms with Crippen molar-refractivity contribution in [1.29, 1.82) is 5.26 Å². The number of pyridine rings is 1. The van der Waals surface area contributed by atoms with Gasteiger partial charge >= 0.3 is 0 Å². The molecule has 1 aliphatic heterocycles. The van der Waals surface area contributed by atoms with Crippen molar-refractivity contribution in [2.45, 2.75) is 0 Å². The van der Waals surface area contributed by atoms with E-state index in [1.165, 1.54) is 7.11 Å². The third-order valence-electron chi connectivity index (χ3n) is 7.04. The fraction of sp³-hybridized carbons (Fsp3) is 0.310. The van der Waals surface area contributed by atoms with E-state index < -0.39 is 0 Å². The van der Waals surface area contributed by atoms with Crippen LogP contribution in [0.1, 0.15) is 5.56 Å². The highest BCUT2D eigenvalue weighted by Gasteiger charge is 2.19. The quantitative estimate of drug-likeness (QED) is 0.262. The zero-order valence-corrected chi connectivity index (χ0v) is 23.6. The van der Waals surface area contributed by atoms with E-state index in [0.717, 1.165) is 54.4 Å². The molecule has 4 aromatic rings. The molecule has 1 N–H and O–H groups in total. The average Bonchev–Trinajstić information content (AvgIpc) is 2.95. The number of likely N-dealkylation sites (N-methyl/N-ethyl adjacent to an activating group) is 1. The van der Waals surface area contributed by atoms with Crippen LogP contribution in [-0.2, 0) is 0 Å². The first kappa shape index (κ1) is 27.1. The molecule has 1 aliphatic rings. The number of aromatic nitrogens is 1. The highest BCUT2D eigenvalue weighted by molar-refractivity contribution is 6.37. The monoisotopic (exact) mass is 565 g/mol. The second-order valence-electron chi connectivity index (χ2n) is 9.40. The van der Waals surface area contributed by atoms with Gasteiger partial charge in [-0.3, -0.25) is 9.88 Å². The Balaban J connectivity index is 1.53. The fourth-order valence-electron chi connectivity index (χ4n) is 4.82. The predicted molar refractivity (Wildman–Crippen MR) is 156 cm³/mol. The molecule has 5 rings (SSSR count). The summed E-state index contributed by atoms with van der Waals surface area (Å²) in [6.45, 7) is 5.56. The number of ether oxygens (including phenoxy) is 3. The normalized spacial score (nSPS) is 14.4. The summed E-state index contributed by atoms with van der Waals surface area (Å²) < 4.78 is 17.3. The molecule has 0 spiro atoms. The van der Waals surface area contributed by atoms with Crippen LogP contribution >= 0.6 is 23.2 Å². The van der Waals surface area contributed by atoms with Crippen LogP contribution in [0.15, 0.2) is 42.6 Å². The zero-order chi connectivity index (χ0) is 27.5. The van der Waals surface area contributed by atoms with E-state index in [0.29, 0.717) is 50.8 Å². The first-order chi connectivity index (χ1) is 18.9. The summed E-state index contributed by atoms with van der Waals surface area (Å²) in [6.07, 6.45) is 1.56. The Labute approximate surface area is 237 Å². The molecular weight excluding hydrogens is 537 g/mol. The Morgan fingerprint density at radius 2 is 1.67 bits per heavy atom. The van der Waals surface area contributed by atoms with Crippen LogP contribution in [0.3, 0.4) is 0 Å². The molecule has 1 saturated heterocycles. The van der Waals surface area contributed by atoms with Gasteiger partial charge in [-0.15, -0.1) is 0 Å². The topological polar surface area (TPSA) is 82.9 Å². The summed E-state index contributed by atoms with van der Waals surface area (Å²) >= 11 is 12.7. The van der Waals surface area contributed by atoms with Gasteiger partial charge in [-0.25, -0.2) is 0 Å². The molecule has 0 atom stereocenters. The SMILES string of the molecule is COc1cc(Nc2c(C#N)cnc3c2ccc2c(OCCN4CCN(C)CC4)c(OC)ccc23)c(Cl)cc1Cl. The second kappa shape index (κ2) is 11.7. The molecule has 0 radical (unpaired) electrons. The lowest BCUT2D eigenvalue weighted by Gasteiger charge is -2.32. The van der Waals surface area contributed by atoms with Crippen LogP contribution in [0, 0.1) is 11.3 Å². The Morgan fingerprint density at radius 1 is 0.949 bits per heavy atom. The van der Waals surface area contributed by atoms with Crippen molar-refractivity contribution < 1.29 is 14.2 Å². The minimum atomic E-state index is 0.379. The number of hydrogen-bond acceptors (Lipinski definition) is 8. The van der Waals surface area contributed by atoms with Crippen molar-refractivity contribution in [2.24, 2.45) is 0 Å². The number of halogens is 2. The zero-order valence-electron chi connectivity index (χ0n) is 22.1. The summed E-state index contributed by atoms with van der Waals surface area (Å²) in [5.41, 5.74) is 2.25. The number of rotatable bonds is 8. The number of piperazine rings is 1. The smallest absolute Gasteiger partial charge is 0.169 e. The van der Waals surface area contributed by atoms with Crippen LogP contribution in [0.25, 0.3) is 21.7 Å². The van der Waals surface area contributed by atoms with Gasteiger partial charge < -0.3 is 24.4 Å². The maximum Gasteiger partial charge on any atom is 0.169 e. The Hall–Kier alpha value is -3.48. The van der Waals surface area contributed by atoms with Gasteiger partial charge in [-0.1, -0.05) is 23.2 Å². The van der Waals surface area contributed by atoms with E-state index in [-0.39, 0.29) is 0 Å². The van der Waals surface area contributed by atoms with Gasteiger partial charge in [0.05, 0.1) is 46.7 Å². The number of fused-ring (bicyclic) bond motifs is 3. The third-order valence-corrected chi connectivity index (χ3v) is 7.65. The molecule has 202 valence electrons. The molecule has 39 heavy (non-hydrogen) atoms. The molecule has 2 heterocycles. The van der Waals surface area contributed by atoms with E-state index >= 15 is 0 Å². The van der Waals surface area contributed by atoms with Crippen molar-refractivity contribution in [2.75, 3.05) is 65.9 Å². The van der Waals surface area contributed by atoms with Crippen molar-refractivity contribution in [1.82, 2.24) is 14.8 Å². The summed E-state index contributed by atoms with van der Waals surface area (Å²) in [5, 5.41) is 16.5. The standard InChI is InChI=1S/C29H29Cl2N5O3/c1-35-8-10-36(11-9-35)12-13-39-29-20-4-5-21-27(34-24-15-26(38-3)23(31)14-22(24)30)18(16-32)17-33-28(21)19(20)6-7-25(29)37-2/h4-7,14-15,17H,8-13H2,1-3H3,(H,33,34). The number of benzene rings is 3. The van der Waals surface area contributed by atoms with Gasteiger partial charge in [-0.05, 0) is 37.4 Å². The van der Waals surface area contributed by atoms with Crippen molar-refractivity contribution in [3.8, 4) is 23.3 Å². The van der Waals surface area contributed by atoms with Gasteiger partial charge in [-0.2, -0.15) is 5.26 Å². The third kappa shape index (κ3) is 5.49. The summed E-state index contributed by atoms with van der Waals surface area (Å²) in [7, 11) is 5.32. The van der Waals surface area contributed by atoms with E-state index in [1.807, 2.05) is 24.3 Å². The van der Waals surface area contributed by atoms with Gasteiger partial charge in [0.1, 0.15) is 18.4 Å². The van der Waals surface area contributed by atoms with Gasteiger partial charge in [0, 0.05) is 61.1 Å². The number of methoxy groups -OCH3 is 2. The summed E-state index contributed by atoms with van der Waals surface area (Å²) in [4.78, 5) is 9.40.